The van der Waals surface area contributed by atoms with Crippen molar-refractivity contribution in [1.29, 1.82) is 0 Å². The summed E-state index contributed by atoms with van der Waals surface area (Å²) in [7, 11) is 1.66. The first kappa shape index (κ1) is 13.1. The number of aryl methyl sites for hydroxylation is 1. The summed E-state index contributed by atoms with van der Waals surface area (Å²) in [5.74, 6) is 0.593. The lowest BCUT2D eigenvalue weighted by atomic mass is 10.2. The van der Waals surface area contributed by atoms with E-state index in [1.165, 1.54) is 16.8 Å². The molecular formula is C14H14N4OS. The lowest BCUT2D eigenvalue weighted by molar-refractivity contribution is 0.181. The maximum atomic E-state index is 5.15. The lowest BCUT2D eigenvalue weighted by Gasteiger charge is -2.08. The van der Waals surface area contributed by atoms with Crippen LogP contribution in [0.4, 0.5) is 0 Å². The molecule has 0 spiro atoms. The first-order chi connectivity index (χ1) is 9.78. The largest absolute Gasteiger partial charge is 0.378 e. The Bertz CT molecular complexity index is 741. The van der Waals surface area contributed by atoms with Gasteiger partial charge >= 0.3 is 0 Å². The molecule has 0 saturated heterocycles. The van der Waals surface area contributed by atoms with Gasteiger partial charge in [0.2, 0.25) is 0 Å². The molecule has 0 aliphatic rings. The highest BCUT2D eigenvalue weighted by molar-refractivity contribution is 7.99. The van der Waals surface area contributed by atoms with Crippen molar-refractivity contribution in [2.75, 3.05) is 7.11 Å². The Hall–Kier alpha value is -1.92. The van der Waals surface area contributed by atoms with E-state index in [2.05, 4.69) is 34.1 Å². The highest BCUT2D eigenvalue weighted by Crippen LogP contribution is 2.30. The minimum atomic E-state index is 0.463. The zero-order chi connectivity index (χ0) is 13.9. The fraction of sp³-hybridized carbons (Fsp3) is 0.214. The Morgan fingerprint density at radius 2 is 2.15 bits per heavy atom. The predicted molar refractivity (Wildman–Crippen MR) is 76.8 cm³/mol. The zero-order valence-corrected chi connectivity index (χ0v) is 12.1. The van der Waals surface area contributed by atoms with Gasteiger partial charge in [0, 0.05) is 12.0 Å². The normalized spacial score (nSPS) is 11.1. The topological polar surface area (TPSA) is 52.3 Å². The Kier molecular flexibility index (Phi) is 3.66. The summed E-state index contributed by atoms with van der Waals surface area (Å²) in [4.78, 5) is 9.75. The third-order valence-electron chi connectivity index (χ3n) is 2.87. The van der Waals surface area contributed by atoms with Crippen LogP contribution in [0, 0.1) is 6.92 Å². The Balaban J connectivity index is 2.05. The minimum absolute atomic E-state index is 0.463. The predicted octanol–water partition coefficient (Wildman–Crippen LogP) is 2.73. The molecule has 0 saturated carbocycles. The summed E-state index contributed by atoms with van der Waals surface area (Å²) >= 11 is 1.65. The van der Waals surface area contributed by atoms with Gasteiger partial charge in [0.15, 0.2) is 0 Å². The molecule has 0 atom stereocenters. The molecule has 1 aromatic carbocycles. The van der Waals surface area contributed by atoms with Crippen LogP contribution in [-0.4, -0.2) is 26.7 Å². The number of hydrogen-bond acceptors (Lipinski definition) is 5. The van der Waals surface area contributed by atoms with Gasteiger partial charge < -0.3 is 4.74 Å². The third kappa shape index (κ3) is 2.52. The van der Waals surface area contributed by atoms with Gasteiger partial charge in [0.25, 0.3) is 5.78 Å². The van der Waals surface area contributed by atoms with Crippen LogP contribution in [0.25, 0.3) is 5.78 Å². The van der Waals surface area contributed by atoms with Crippen molar-refractivity contribution in [3.8, 4) is 0 Å². The van der Waals surface area contributed by atoms with Gasteiger partial charge in [-0.25, -0.2) is 4.98 Å². The van der Waals surface area contributed by atoms with Crippen LogP contribution in [-0.2, 0) is 11.3 Å². The third-order valence-corrected chi connectivity index (χ3v) is 4.05. The molecule has 3 rings (SSSR count). The average Bonchev–Trinajstić information content (AvgIpc) is 2.90. The molecule has 20 heavy (non-hydrogen) atoms. The van der Waals surface area contributed by atoms with Crippen LogP contribution in [0.2, 0.25) is 0 Å². The van der Waals surface area contributed by atoms with Crippen molar-refractivity contribution in [3.05, 3.63) is 47.9 Å². The lowest BCUT2D eigenvalue weighted by Crippen LogP contribution is -2.01. The minimum Gasteiger partial charge on any atom is -0.378 e. The number of hydrogen-bond donors (Lipinski definition) is 0. The fourth-order valence-corrected chi connectivity index (χ4v) is 2.92. The zero-order valence-electron chi connectivity index (χ0n) is 11.3. The van der Waals surface area contributed by atoms with Gasteiger partial charge in [-0.1, -0.05) is 30.0 Å². The maximum Gasteiger partial charge on any atom is 0.253 e. The molecule has 0 N–H and O–H groups in total. The number of ether oxygens (including phenoxy) is 1. The molecule has 5 nitrogen and oxygen atoms in total. The molecule has 0 fully saturated rings. The molecule has 0 aliphatic carbocycles. The van der Waals surface area contributed by atoms with Crippen LogP contribution in [0.3, 0.4) is 0 Å². The van der Waals surface area contributed by atoms with E-state index in [9.17, 15) is 0 Å². The monoisotopic (exact) mass is 286 g/mol. The molecule has 3 aromatic rings. The highest BCUT2D eigenvalue weighted by atomic mass is 32.2. The van der Waals surface area contributed by atoms with Crippen molar-refractivity contribution < 1.29 is 4.74 Å². The van der Waals surface area contributed by atoms with Gasteiger partial charge in [-0.2, -0.15) is 14.6 Å². The Morgan fingerprint density at radius 1 is 1.30 bits per heavy atom. The van der Waals surface area contributed by atoms with Gasteiger partial charge in [-0.15, -0.1) is 0 Å². The summed E-state index contributed by atoms with van der Waals surface area (Å²) in [6.07, 6.45) is 1.51. The number of aromatic nitrogens is 4. The van der Waals surface area contributed by atoms with Crippen LogP contribution >= 0.6 is 11.8 Å². The molecule has 0 aliphatic heterocycles. The van der Waals surface area contributed by atoms with Crippen LogP contribution in [0.1, 0.15) is 11.3 Å². The average molecular weight is 286 g/mol. The second-order valence-corrected chi connectivity index (χ2v) is 5.42. The van der Waals surface area contributed by atoms with Crippen molar-refractivity contribution in [3.63, 3.8) is 0 Å². The molecule has 0 amide bonds. The van der Waals surface area contributed by atoms with E-state index >= 15 is 0 Å². The number of benzene rings is 1. The van der Waals surface area contributed by atoms with Gasteiger partial charge in [0.1, 0.15) is 11.4 Å². The summed E-state index contributed by atoms with van der Waals surface area (Å²) in [5.41, 5.74) is 2.08. The van der Waals surface area contributed by atoms with Crippen molar-refractivity contribution in [2.45, 2.75) is 23.5 Å². The quantitative estimate of drug-likeness (QED) is 0.690. The van der Waals surface area contributed by atoms with E-state index in [4.69, 9.17) is 4.74 Å². The summed E-state index contributed by atoms with van der Waals surface area (Å²) in [6, 6.07) is 10.2. The molecule has 2 heterocycles. The van der Waals surface area contributed by atoms with Crippen molar-refractivity contribution >= 4 is 17.5 Å². The fourth-order valence-electron chi connectivity index (χ4n) is 1.91. The summed E-state index contributed by atoms with van der Waals surface area (Å²) < 4.78 is 6.90. The van der Waals surface area contributed by atoms with Crippen LogP contribution in [0.5, 0.6) is 0 Å². The number of methoxy groups -OCH3 is 1. The van der Waals surface area contributed by atoms with E-state index in [1.54, 1.807) is 23.4 Å². The van der Waals surface area contributed by atoms with Crippen molar-refractivity contribution in [1.82, 2.24) is 19.6 Å². The molecule has 102 valence electrons. The first-order valence-corrected chi connectivity index (χ1v) is 7.01. The smallest absolute Gasteiger partial charge is 0.253 e. The van der Waals surface area contributed by atoms with Gasteiger partial charge in [0.05, 0.1) is 12.3 Å². The molecular weight excluding hydrogens is 272 g/mol. The highest BCUT2D eigenvalue weighted by Gasteiger charge is 2.10. The SMILES string of the molecule is COCc1cc(Sc2ccccc2C)n2ncnc2n1. The Labute approximate surface area is 121 Å². The number of rotatable bonds is 4. The first-order valence-electron chi connectivity index (χ1n) is 6.20. The summed E-state index contributed by atoms with van der Waals surface area (Å²) in [6.45, 7) is 2.56. The van der Waals surface area contributed by atoms with Gasteiger partial charge in [-0.3, -0.25) is 0 Å². The molecule has 6 heteroatoms. The standard InChI is InChI=1S/C14H14N4OS/c1-10-5-3-4-6-12(10)20-13-7-11(8-19-2)17-14-15-9-16-18(13)14/h3-7,9H,8H2,1-2H3. The van der Waals surface area contributed by atoms with Crippen LogP contribution < -0.4 is 0 Å². The Morgan fingerprint density at radius 3 is 2.95 bits per heavy atom. The van der Waals surface area contributed by atoms with E-state index in [0.717, 1.165) is 10.7 Å². The van der Waals surface area contributed by atoms with E-state index < -0.39 is 0 Å². The van der Waals surface area contributed by atoms with Crippen LogP contribution in [0.15, 0.2) is 46.6 Å². The van der Waals surface area contributed by atoms with E-state index in [0.29, 0.717) is 12.4 Å². The van der Waals surface area contributed by atoms with Gasteiger partial charge in [-0.05, 0) is 24.6 Å². The molecule has 2 aromatic heterocycles. The van der Waals surface area contributed by atoms with E-state index in [1.807, 2.05) is 18.2 Å². The second-order valence-electron chi connectivity index (χ2n) is 4.36. The molecule has 0 bridgehead atoms. The molecule has 0 radical (unpaired) electrons. The maximum absolute atomic E-state index is 5.15. The summed E-state index contributed by atoms with van der Waals surface area (Å²) in [5, 5.41) is 5.21. The van der Waals surface area contributed by atoms with E-state index in [-0.39, 0.29) is 0 Å². The number of fused-ring (bicyclic) bond motifs is 1. The second kappa shape index (κ2) is 5.60. The number of nitrogens with zero attached hydrogens (tertiary/aromatic N) is 4. The van der Waals surface area contributed by atoms with Crippen molar-refractivity contribution in [2.24, 2.45) is 0 Å². The molecule has 0 unspecified atom stereocenters.